The third-order valence-corrected chi connectivity index (χ3v) is 5.88. The molecule has 1 amide bonds. The van der Waals surface area contributed by atoms with Crippen LogP contribution >= 0.6 is 11.3 Å². The lowest BCUT2D eigenvalue weighted by Gasteiger charge is -2.20. The molecule has 35 heavy (non-hydrogen) atoms. The Morgan fingerprint density at radius 1 is 1.11 bits per heavy atom. The molecule has 0 spiro atoms. The fourth-order valence-electron chi connectivity index (χ4n) is 3.09. The SMILES string of the molecule is CCOC(=O)c1sc(NC(=O)c2cc3nc(C)cc(C(F)(F)C(F)(F)F)n3n2)c(C(=O)OC)c1C. The second-order valence-electron chi connectivity index (χ2n) is 7.08. The predicted molar refractivity (Wildman–Crippen MR) is 112 cm³/mol. The maximum atomic E-state index is 14.1. The van der Waals surface area contributed by atoms with Gasteiger partial charge in [-0.25, -0.2) is 19.1 Å². The van der Waals surface area contributed by atoms with E-state index in [0.717, 1.165) is 13.2 Å². The van der Waals surface area contributed by atoms with Crippen LogP contribution in [0.25, 0.3) is 5.65 Å². The van der Waals surface area contributed by atoms with Gasteiger partial charge in [0.1, 0.15) is 15.6 Å². The van der Waals surface area contributed by atoms with Crippen LogP contribution in [0.5, 0.6) is 0 Å². The second-order valence-corrected chi connectivity index (χ2v) is 8.10. The molecule has 9 nitrogen and oxygen atoms in total. The van der Waals surface area contributed by atoms with Crippen LogP contribution in [0, 0.1) is 13.8 Å². The molecule has 0 saturated heterocycles. The summed E-state index contributed by atoms with van der Waals surface area (Å²) in [5, 5.41) is 5.76. The highest BCUT2D eigenvalue weighted by atomic mass is 32.1. The van der Waals surface area contributed by atoms with Crippen molar-refractivity contribution in [1.82, 2.24) is 14.6 Å². The first-order chi connectivity index (χ1) is 16.2. The average molecular weight is 520 g/mol. The van der Waals surface area contributed by atoms with E-state index >= 15 is 0 Å². The summed E-state index contributed by atoms with van der Waals surface area (Å²) in [6, 6.07) is 1.42. The summed E-state index contributed by atoms with van der Waals surface area (Å²) in [6.07, 6.45) is -5.92. The van der Waals surface area contributed by atoms with Crippen molar-refractivity contribution in [1.29, 1.82) is 0 Å². The molecule has 3 rings (SSSR count). The van der Waals surface area contributed by atoms with Crippen molar-refractivity contribution < 1.29 is 45.8 Å². The van der Waals surface area contributed by atoms with Gasteiger partial charge in [-0.15, -0.1) is 11.3 Å². The Hall–Kier alpha value is -3.62. The molecule has 1 N–H and O–H groups in total. The standard InChI is InChI=1S/C20H17F5N4O5S/c1-5-34-18(32)14-9(3)13(17(31)33-4)16(35-14)27-15(30)10-7-12-26-8(2)6-11(29(12)28-10)19(21,22)20(23,24)25/h6-7H,5H2,1-4H3,(H,27,30). The van der Waals surface area contributed by atoms with Crippen LogP contribution in [0.3, 0.4) is 0 Å². The Labute approximate surface area is 197 Å². The molecule has 3 aromatic rings. The summed E-state index contributed by atoms with van der Waals surface area (Å²) in [5.74, 6) is -7.98. The number of hydrogen-bond acceptors (Lipinski definition) is 8. The van der Waals surface area contributed by atoms with Crippen LogP contribution in [0.1, 0.15) is 54.4 Å². The molecule has 0 unspecified atom stereocenters. The van der Waals surface area contributed by atoms with Gasteiger partial charge in [0.25, 0.3) is 5.91 Å². The third kappa shape index (κ3) is 4.67. The van der Waals surface area contributed by atoms with Gasteiger partial charge in [0.05, 0.1) is 19.3 Å². The topological polar surface area (TPSA) is 112 Å². The molecule has 0 aliphatic rings. The minimum Gasteiger partial charge on any atom is -0.465 e. The molecule has 0 bridgehead atoms. The highest BCUT2D eigenvalue weighted by Crippen LogP contribution is 2.44. The van der Waals surface area contributed by atoms with Crippen molar-refractivity contribution in [3.63, 3.8) is 0 Å². The van der Waals surface area contributed by atoms with Gasteiger partial charge >= 0.3 is 24.0 Å². The number of nitrogens with zero attached hydrogens (tertiary/aromatic N) is 3. The minimum absolute atomic E-state index is 0.00180. The highest BCUT2D eigenvalue weighted by Gasteiger charge is 2.60. The zero-order valence-corrected chi connectivity index (χ0v) is 19.4. The number of fused-ring (bicyclic) bond motifs is 1. The minimum atomic E-state index is -5.92. The van der Waals surface area contributed by atoms with Crippen LogP contribution in [-0.4, -0.2) is 52.3 Å². The number of nitrogens with one attached hydrogen (secondary N) is 1. The smallest absolute Gasteiger partial charge is 0.459 e. The van der Waals surface area contributed by atoms with E-state index in [-0.39, 0.29) is 37.8 Å². The molecular weight excluding hydrogens is 503 g/mol. The fraction of sp³-hybridized carbons (Fsp3) is 0.350. The number of rotatable bonds is 6. The summed E-state index contributed by atoms with van der Waals surface area (Å²) in [4.78, 5) is 41.1. The first-order valence-corrected chi connectivity index (χ1v) is 10.6. The van der Waals surface area contributed by atoms with Crippen LogP contribution in [0.2, 0.25) is 0 Å². The van der Waals surface area contributed by atoms with E-state index in [9.17, 15) is 36.3 Å². The molecule has 188 valence electrons. The van der Waals surface area contributed by atoms with E-state index in [0.29, 0.717) is 17.4 Å². The Kier molecular flexibility index (Phi) is 6.83. The predicted octanol–water partition coefficient (Wildman–Crippen LogP) is 4.28. The van der Waals surface area contributed by atoms with Gasteiger partial charge in [-0.1, -0.05) is 0 Å². The summed E-state index contributed by atoms with van der Waals surface area (Å²) in [5.41, 5.74) is -2.69. The lowest BCUT2D eigenvalue weighted by atomic mass is 10.1. The highest BCUT2D eigenvalue weighted by molar-refractivity contribution is 7.18. The van der Waals surface area contributed by atoms with Crippen molar-refractivity contribution in [2.75, 3.05) is 19.0 Å². The quantitative estimate of drug-likeness (QED) is 0.382. The van der Waals surface area contributed by atoms with Gasteiger partial charge in [0.2, 0.25) is 0 Å². The van der Waals surface area contributed by atoms with E-state index < -0.39 is 47.0 Å². The number of anilines is 1. The van der Waals surface area contributed by atoms with Crippen LogP contribution in [-0.2, 0) is 15.4 Å². The maximum Gasteiger partial charge on any atom is 0.459 e. The summed E-state index contributed by atoms with van der Waals surface area (Å²) in [6.45, 7) is 4.24. The number of aryl methyl sites for hydroxylation is 1. The second kappa shape index (κ2) is 9.20. The zero-order valence-electron chi connectivity index (χ0n) is 18.5. The Balaban J connectivity index is 2.07. The number of halogens is 5. The van der Waals surface area contributed by atoms with Gasteiger partial charge in [0.15, 0.2) is 11.3 Å². The molecular formula is C20H17F5N4O5S. The van der Waals surface area contributed by atoms with Crippen molar-refractivity contribution in [2.24, 2.45) is 0 Å². The molecule has 0 saturated carbocycles. The molecule has 3 aromatic heterocycles. The van der Waals surface area contributed by atoms with Gasteiger partial charge in [0, 0.05) is 11.8 Å². The van der Waals surface area contributed by atoms with E-state index in [1.165, 1.54) is 13.8 Å². The van der Waals surface area contributed by atoms with Gasteiger partial charge in [-0.05, 0) is 32.4 Å². The van der Waals surface area contributed by atoms with Gasteiger partial charge in [-0.3, -0.25) is 4.79 Å². The zero-order chi connectivity index (χ0) is 26.3. The fourth-order valence-corrected chi connectivity index (χ4v) is 4.17. The number of methoxy groups -OCH3 is 1. The first kappa shape index (κ1) is 26.0. The van der Waals surface area contributed by atoms with Crippen molar-refractivity contribution in [3.8, 4) is 0 Å². The lowest BCUT2D eigenvalue weighted by Crippen LogP contribution is -2.36. The molecule has 0 aliphatic carbocycles. The van der Waals surface area contributed by atoms with Gasteiger partial charge < -0.3 is 14.8 Å². The molecule has 15 heteroatoms. The first-order valence-electron chi connectivity index (χ1n) is 9.75. The number of amides is 1. The largest absolute Gasteiger partial charge is 0.465 e. The molecule has 0 atom stereocenters. The normalized spacial score (nSPS) is 12.0. The number of aromatic nitrogens is 3. The number of carbonyl (C=O) groups is 3. The van der Waals surface area contributed by atoms with Crippen molar-refractivity contribution in [3.05, 3.63) is 45.2 Å². The molecule has 0 aromatic carbocycles. The molecule has 0 fully saturated rings. The molecule has 3 heterocycles. The van der Waals surface area contributed by atoms with E-state index in [4.69, 9.17) is 4.74 Å². The monoisotopic (exact) mass is 520 g/mol. The molecule has 0 radical (unpaired) electrons. The van der Waals surface area contributed by atoms with Crippen LogP contribution in [0.4, 0.5) is 27.0 Å². The lowest BCUT2D eigenvalue weighted by molar-refractivity contribution is -0.291. The van der Waals surface area contributed by atoms with Crippen molar-refractivity contribution in [2.45, 2.75) is 32.9 Å². The van der Waals surface area contributed by atoms with Crippen LogP contribution in [0.15, 0.2) is 12.1 Å². The number of ether oxygens (including phenoxy) is 2. The number of esters is 2. The van der Waals surface area contributed by atoms with E-state index in [1.807, 2.05) is 0 Å². The summed E-state index contributed by atoms with van der Waals surface area (Å²) >= 11 is 0.695. The van der Waals surface area contributed by atoms with Gasteiger partial charge in [-0.2, -0.15) is 27.1 Å². The number of carbonyl (C=O) groups excluding carboxylic acids is 3. The van der Waals surface area contributed by atoms with E-state index in [2.05, 4.69) is 20.1 Å². The Bertz CT molecular complexity index is 1330. The Morgan fingerprint density at radius 3 is 2.34 bits per heavy atom. The van der Waals surface area contributed by atoms with Crippen molar-refractivity contribution >= 4 is 39.8 Å². The third-order valence-electron chi connectivity index (χ3n) is 4.69. The molecule has 0 aliphatic heterocycles. The number of alkyl halides is 5. The maximum absolute atomic E-state index is 14.1. The average Bonchev–Trinajstić information content (AvgIpc) is 3.33. The number of thiophene rings is 1. The summed E-state index contributed by atoms with van der Waals surface area (Å²) < 4.78 is 76.9. The van der Waals surface area contributed by atoms with Crippen LogP contribution < -0.4 is 5.32 Å². The summed E-state index contributed by atoms with van der Waals surface area (Å²) in [7, 11) is 1.08. The number of hydrogen-bond donors (Lipinski definition) is 1. The Morgan fingerprint density at radius 2 is 1.77 bits per heavy atom. The van der Waals surface area contributed by atoms with E-state index in [1.54, 1.807) is 6.92 Å².